The number of fused-ring (bicyclic) bond motifs is 8. The van der Waals surface area contributed by atoms with Crippen LogP contribution in [0.25, 0.3) is 43.6 Å². The Kier molecular flexibility index (Phi) is 29.3. The van der Waals surface area contributed by atoms with Crippen molar-refractivity contribution >= 4 is 119 Å². The van der Waals surface area contributed by atoms with Gasteiger partial charge in [0.2, 0.25) is 5.78 Å². The Balaban J connectivity index is 0.000000151. The van der Waals surface area contributed by atoms with E-state index in [4.69, 9.17) is 24.1 Å². The zero-order chi connectivity index (χ0) is 85.0. The minimum Gasteiger partial charge on any atom is -0.487 e. The van der Waals surface area contributed by atoms with Gasteiger partial charge in [0.1, 0.15) is 29.3 Å². The second-order valence-electron chi connectivity index (χ2n) is 30.4. The number of hydrogen-bond acceptors (Lipinski definition) is 18. The number of likely N-dealkylation sites (tertiary alicyclic amines) is 1. The molecule has 15 rings (SSSR count). The van der Waals surface area contributed by atoms with Gasteiger partial charge in [0.15, 0.2) is 11.6 Å². The van der Waals surface area contributed by atoms with Crippen molar-refractivity contribution < 1.29 is 57.6 Å². The van der Waals surface area contributed by atoms with E-state index in [9.17, 15) is 33.6 Å². The summed E-state index contributed by atoms with van der Waals surface area (Å²) in [4.78, 5) is 111. The number of carbonyl (C=O) groups is 7. The Bertz CT molecular complexity index is 5930. The first-order valence-electron chi connectivity index (χ1n) is 41.0. The molecule has 4 aliphatic rings. The third kappa shape index (κ3) is 20.8. The van der Waals surface area contributed by atoms with E-state index in [-0.39, 0.29) is 34.9 Å². The van der Waals surface area contributed by atoms with Crippen molar-refractivity contribution in [1.82, 2.24) is 14.0 Å². The Labute approximate surface area is 704 Å². The minimum absolute atomic E-state index is 0.0150. The van der Waals surface area contributed by atoms with Gasteiger partial charge in [-0.15, -0.1) is 0 Å². The Hall–Kier alpha value is -12.8. The third-order valence-electron chi connectivity index (χ3n) is 21.8. The third-order valence-corrected chi connectivity index (χ3v) is 22.8. The van der Waals surface area contributed by atoms with Crippen molar-refractivity contribution in [3.05, 3.63) is 309 Å². The summed E-state index contributed by atoms with van der Waals surface area (Å²) in [7, 11) is 0. The molecule has 0 radical (unpaired) electrons. The van der Waals surface area contributed by atoms with Crippen LogP contribution in [-0.2, 0) is 51.6 Å². The van der Waals surface area contributed by atoms with Crippen molar-refractivity contribution in [2.24, 2.45) is 26.5 Å². The van der Waals surface area contributed by atoms with Crippen molar-refractivity contribution in [3.63, 3.8) is 0 Å². The van der Waals surface area contributed by atoms with Gasteiger partial charge in [0.05, 0.1) is 17.0 Å². The molecule has 0 N–H and O–H groups in total. The van der Waals surface area contributed by atoms with Crippen molar-refractivity contribution in [3.8, 4) is 0 Å². The number of piperidine rings is 1. The smallest absolute Gasteiger partial charge is 0.365 e. The normalized spacial score (nSPS) is 15.0. The predicted molar refractivity (Wildman–Crippen MR) is 477 cm³/mol. The van der Waals surface area contributed by atoms with E-state index in [0.717, 1.165) is 164 Å². The summed E-state index contributed by atoms with van der Waals surface area (Å²) in [6.45, 7) is 24.2. The zero-order valence-electron chi connectivity index (χ0n) is 69.9. The summed E-state index contributed by atoms with van der Waals surface area (Å²) < 4.78 is 10.1. The molecule has 2 aromatic heterocycles. The van der Waals surface area contributed by atoms with E-state index in [1.807, 2.05) is 198 Å². The molecule has 1 atom stereocenters. The number of ether oxygens (including phenoxy) is 1. The lowest BCUT2D eigenvalue weighted by atomic mass is 9.80. The number of benzene rings is 9. The minimum atomic E-state index is -0.719. The molecule has 1 fully saturated rings. The van der Waals surface area contributed by atoms with Crippen molar-refractivity contribution in [1.29, 1.82) is 0 Å². The molecule has 120 heavy (non-hydrogen) atoms. The van der Waals surface area contributed by atoms with Crippen LogP contribution in [0, 0.1) is 19.8 Å². The van der Waals surface area contributed by atoms with Gasteiger partial charge in [-0.3, -0.25) is 19.3 Å². The van der Waals surface area contributed by atoms with Crippen LogP contribution in [-0.4, -0.2) is 103 Å². The van der Waals surface area contributed by atoms with E-state index in [1.54, 1.807) is 55.1 Å². The monoisotopic (exact) mass is 1620 g/mol. The van der Waals surface area contributed by atoms with E-state index in [2.05, 4.69) is 91.9 Å². The largest absolute Gasteiger partial charge is 0.487 e. The number of aromatic nitrogens is 2. The highest BCUT2D eigenvalue weighted by atomic mass is 32.2. The lowest BCUT2D eigenvalue weighted by molar-refractivity contribution is -0.157. The highest BCUT2D eigenvalue weighted by molar-refractivity contribution is 7.99. The predicted octanol–water partition coefficient (Wildman–Crippen LogP) is 22.0. The molecular formula is C100H101N7O12S. The number of aryl methyl sites for hydroxylation is 4. The van der Waals surface area contributed by atoms with Crippen LogP contribution in [0.15, 0.2) is 284 Å². The summed E-state index contributed by atoms with van der Waals surface area (Å²) in [5.41, 5.74) is 15.5. The molecule has 11 aromatic rings. The average Bonchev–Trinajstić information content (AvgIpc) is 1.60. The number of rotatable bonds is 24. The first-order chi connectivity index (χ1) is 58.0. The molecule has 20 heteroatoms. The second kappa shape index (κ2) is 40.6. The molecular weight excluding hydrogens is 1520 g/mol. The van der Waals surface area contributed by atoms with Crippen LogP contribution in [0.1, 0.15) is 195 Å². The summed E-state index contributed by atoms with van der Waals surface area (Å²) >= 11 is 1.64. The van der Waals surface area contributed by atoms with Gasteiger partial charge in [0.25, 0.3) is 0 Å². The number of Topliss-reactive ketones (excluding diaryl/α,β-unsaturated/α-hetero) is 1. The first-order valence-corrected chi connectivity index (χ1v) is 41.8. The molecule has 4 heterocycles. The number of oxime groups is 4. The van der Waals surface area contributed by atoms with Gasteiger partial charge in [-0.05, 0) is 244 Å². The van der Waals surface area contributed by atoms with Gasteiger partial charge in [-0.25, -0.2) is 19.2 Å². The SMILES string of the molecule is CC(=O)O/N=C1\COC2=C1C1CC=CC=C1C=C2.CCCCCC/C(=N/OC(=O)c1ccccc1)C(=O)c1ccc(Sc2ccccc2)cc1.CCn1c2ccc(C(=O)c3ccccc3C)cc2c2cc(/C(C)=N/OC(=O)C(C)(C)N3CCCCC3)ccc21.CCn1c2ccc(C(=O)c3ccccc3C)cc2c2cc(/C(C)=N/OC(C)=O)ccc21. The van der Waals surface area contributed by atoms with E-state index in [1.165, 1.54) is 25.8 Å². The molecule has 0 saturated carbocycles. The van der Waals surface area contributed by atoms with Gasteiger partial charge in [-0.1, -0.05) is 186 Å². The fourth-order valence-corrected chi connectivity index (χ4v) is 16.0. The molecule has 9 aromatic carbocycles. The van der Waals surface area contributed by atoms with Gasteiger partial charge >= 0.3 is 23.9 Å². The molecule has 2 aliphatic heterocycles. The van der Waals surface area contributed by atoms with E-state index in [0.29, 0.717) is 57.8 Å². The van der Waals surface area contributed by atoms with E-state index < -0.39 is 23.4 Å². The zero-order valence-corrected chi connectivity index (χ0v) is 70.7. The van der Waals surface area contributed by atoms with Gasteiger partial charge < -0.3 is 33.2 Å². The number of allylic oxidation sites excluding steroid dienone is 6. The van der Waals surface area contributed by atoms with Crippen LogP contribution < -0.4 is 0 Å². The average molecular weight is 1630 g/mol. The Morgan fingerprint density at radius 3 is 1.52 bits per heavy atom. The maximum atomic E-state index is 13.4. The molecule has 0 amide bonds. The van der Waals surface area contributed by atoms with Crippen LogP contribution in [0.5, 0.6) is 0 Å². The van der Waals surface area contributed by atoms with Crippen LogP contribution >= 0.6 is 11.8 Å². The number of hydrogen-bond donors (Lipinski definition) is 0. The molecule has 0 bridgehead atoms. The van der Waals surface area contributed by atoms with Crippen LogP contribution in [0.2, 0.25) is 0 Å². The molecule has 1 unspecified atom stereocenters. The molecule has 1 saturated heterocycles. The molecule has 2 aliphatic carbocycles. The first kappa shape index (κ1) is 86.6. The van der Waals surface area contributed by atoms with Crippen molar-refractivity contribution in [2.45, 2.75) is 162 Å². The van der Waals surface area contributed by atoms with Crippen LogP contribution in [0.3, 0.4) is 0 Å². The quantitative estimate of drug-likeness (QED) is 0.0180. The molecule has 0 spiro atoms. The Morgan fingerprint density at radius 2 is 0.992 bits per heavy atom. The van der Waals surface area contributed by atoms with E-state index >= 15 is 0 Å². The summed E-state index contributed by atoms with van der Waals surface area (Å²) in [5, 5.41) is 20.1. The Morgan fingerprint density at radius 1 is 0.500 bits per heavy atom. The van der Waals surface area contributed by atoms with Gasteiger partial charge in [0, 0.05) is 120 Å². The number of unbranched alkanes of at least 4 members (excludes halogenated alkanes) is 3. The molecule has 614 valence electrons. The summed E-state index contributed by atoms with van der Waals surface area (Å²) in [6.07, 6.45) is 19.1. The van der Waals surface area contributed by atoms with Gasteiger partial charge in [-0.2, -0.15) is 0 Å². The lowest BCUT2D eigenvalue weighted by Crippen LogP contribution is -2.52. The second-order valence-corrected chi connectivity index (χ2v) is 31.5. The molecule has 19 nitrogen and oxygen atoms in total. The number of carbonyl (C=O) groups excluding carboxylic acids is 7. The maximum absolute atomic E-state index is 13.4. The fourth-order valence-electron chi connectivity index (χ4n) is 15.2. The summed E-state index contributed by atoms with van der Waals surface area (Å²) in [6, 6.07) is 65.6. The van der Waals surface area contributed by atoms with Crippen LogP contribution in [0.4, 0.5) is 0 Å². The fraction of sp³-hybridized carbons (Fsp3) is 0.270. The standard InChI is InChI=1S/C33H37N3O3.C27H27NO3S.C26H24N2O3.C14H13NO3/c1-6-36-29-16-14-24(23(3)34-39-32(38)33(4,5)35-18-10-7-11-19-35)20-27(29)28-21-25(15-17-30(28)36)31(37)26-13-9-8-12-22(26)2;1-2-3-4-11-16-25(28-31-27(30)22-12-7-5-8-13-22)26(29)21-17-19-24(20-18-21)32-23-14-9-6-10-15-23;1-5-28-24-12-10-19(17(3)27-31-18(4)29)14-22(24)23-15-20(11-13-25(23)28)26(30)21-9-7-6-8-16(21)2;1-9(16)18-15-12-8-17-13-7-6-10-4-2-3-5-11(10)14(12)13/h8-9,12-17,20-21H,6-7,10-11,18-19H2,1-5H3;5-10,12-15,17-20H,2-4,11,16H2,1H3;6-15H,5H2,1-4H3;2-4,6-7,11H,5,8H2,1H3/b34-23+;28-25-;27-17+;15-12+. The van der Waals surface area contributed by atoms with Crippen molar-refractivity contribution in [2.75, 3.05) is 19.7 Å². The highest BCUT2D eigenvalue weighted by Crippen LogP contribution is 2.40. The highest BCUT2D eigenvalue weighted by Gasteiger charge is 2.38. The maximum Gasteiger partial charge on any atom is 0.365 e. The topological polar surface area (TPSA) is 228 Å². The summed E-state index contributed by atoms with van der Waals surface area (Å²) in [5.74, 6) is -0.843. The number of nitrogens with zero attached hydrogens (tertiary/aromatic N) is 7. The number of ketones is 3. The lowest BCUT2D eigenvalue weighted by Gasteiger charge is -2.38.